The number of benzene rings is 1. The van der Waals surface area contributed by atoms with Gasteiger partial charge in [-0.25, -0.2) is 9.48 Å². The second-order valence-electron chi connectivity index (χ2n) is 6.67. The van der Waals surface area contributed by atoms with Crippen molar-refractivity contribution in [1.29, 1.82) is 0 Å². The molecule has 3 heterocycles. The van der Waals surface area contributed by atoms with Crippen molar-refractivity contribution in [2.45, 2.75) is 25.8 Å². The van der Waals surface area contributed by atoms with Crippen LogP contribution in [-0.4, -0.2) is 38.5 Å². The summed E-state index contributed by atoms with van der Waals surface area (Å²) in [6, 6.07) is 13.1. The summed E-state index contributed by atoms with van der Waals surface area (Å²) in [7, 11) is 0. The lowest BCUT2D eigenvalue weighted by atomic mass is 10.00. The van der Waals surface area contributed by atoms with Gasteiger partial charge in [0.15, 0.2) is 0 Å². The summed E-state index contributed by atoms with van der Waals surface area (Å²) in [6.07, 6.45) is 3.85. The third kappa shape index (κ3) is 3.11. The molecule has 1 aliphatic rings. The summed E-state index contributed by atoms with van der Waals surface area (Å²) in [5, 5.41) is 14.4. The monoisotopic (exact) mass is 393 g/mol. The zero-order chi connectivity index (χ0) is 19.7. The lowest BCUT2D eigenvalue weighted by molar-refractivity contribution is -0.130. The van der Waals surface area contributed by atoms with E-state index in [1.165, 1.54) is 6.21 Å². The van der Waals surface area contributed by atoms with Gasteiger partial charge in [0.25, 0.3) is 5.91 Å². The number of carbonyl (C=O) groups is 2. The van der Waals surface area contributed by atoms with Crippen LogP contribution in [0.5, 0.6) is 0 Å². The standard InChI is InChI=1S/C20H19N5O2S/c1-3-20(2)18(26)25(19(27)22-20)21-12-14-13-24(15-8-5-4-6-9-15)23-17(14)16-10-7-11-28-16/h4-13H,3H2,1-2H3,(H,22,27)/b21-12+. The second-order valence-corrected chi connectivity index (χ2v) is 7.62. The van der Waals surface area contributed by atoms with Gasteiger partial charge in [0.1, 0.15) is 11.2 Å². The van der Waals surface area contributed by atoms with Gasteiger partial charge in [-0.2, -0.15) is 10.2 Å². The van der Waals surface area contributed by atoms with E-state index in [-0.39, 0.29) is 5.91 Å². The molecule has 1 aliphatic heterocycles. The smallest absolute Gasteiger partial charge is 0.322 e. The van der Waals surface area contributed by atoms with E-state index in [1.807, 2.05) is 61.0 Å². The number of carbonyl (C=O) groups excluding carboxylic acids is 2. The van der Waals surface area contributed by atoms with Crippen LogP contribution in [0.3, 0.4) is 0 Å². The Morgan fingerprint density at radius 2 is 2.00 bits per heavy atom. The van der Waals surface area contributed by atoms with Crippen LogP contribution in [-0.2, 0) is 4.79 Å². The molecule has 3 aromatic rings. The van der Waals surface area contributed by atoms with E-state index in [2.05, 4.69) is 15.5 Å². The van der Waals surface area contributed by atoms with Gasteiger partial charge in [0.2, 0.25) is 0 Å². The van der Waals surface area contributed by atoms with Crippen LogP contribution in [0.2, 0.25) is 0 Å². The third-order valence-corrected chi connectivity index (χ3v) is 5.65. The molecule has 4 rings (SSSR count). The van der Waals surface area contributed by atoms with Crippen LogP contribution < -0.4 is 5.32 Å². The molecule has 28 heavy (non-hydrogen) atoms. The Kier molecular flexibility index (Phi) is 4.56. The first-order chi connectivity index (χ1) is 13.5. The first-order valence-electron chi connectivity index (χ1n) is 8.91. The molecule has 7 nitrogen and oxygen atoms in total. The number of amides is 3. The lowest BCUT2D eigenvalue weighted by Crippen LogP contribution is -2.42. The van der Waals surface area contributed by atoms with Crippen LogP contribution in [0.4, 0.5) is 4.79 Å². The Balaban J connectivity index is 1.71. The molecule has 1 aromatic carbocycles. The normalized spacial score (nSPS) is 19.6. The van der Waals surface area contributed by atoms with E-state index in [4.69, 9.17) is 0 Å². The molecule has 1 unspecified atom stereocenters. The van der Waals surface area contributed by atoms with Gasteiger partial charge in [0.05, 0.1) is 16.8 Å². The van der Waals surface area contributed by atoms with Crippen LogP contribution in [0, 0.1) is 0 Å². The number of rotatable bonds is 5. The summed E-state index contributed by atoms with van der Waals surface area (Å²) in [4.78, 5) is 25.7. The first-order valence-corrected chi connectivity index (χ1v) is 9.79. The minimum atomic E-state index is -0.917. The predicted molar refractivity (Wildman–Crippen MR) is 109 cm³/mol. The first kappa shape index (κ1) is 18.1. The number of nitrogens with one attached hydrogen (secondary N) is 1. The maximum Gasteiger partial charge on any atom is 0.346 e. The molecule has 2 aromatic heterocycles. The molecular weight excluding hydrogens is 374 g/mol. The highest BCUT2D eigenvalue weighted by molar-refractivity contribution is 7.13. The number of para-hydroxylation sites is 1. The largest absolute Gasteiger partial charge is 0.346 e. The molecule has 0 bridgehead atoms. The van der Waals surface area contributed by atoms with E-state index in [0.717, 1.165) is 26.8 Å². The van der Waals surface area contributed by atoms with Crippen molar-refractivity contribution in [3.63, 3.8) is 0 Å². The average Bonchev–Trinajstić information content (AvgIpc) is 3.41. The van der Waals surface area contributed by atoms with Gasteiger partial charge < -0.3 is 5.32 Å². The van der Waals surface area contributed by atoms with E-state index in [9.17, 15) is 9.59 Å². The number of aromatic nitrogens is 2. The fraction of sp³-hybridized carbons (Fsp3) is 0.200. The van der Waals surface area contributed by atoms with Gasteiger partial charge in [-0.15, -0.1) is 16.3 Å². The number of hydrogen-bond donors (Lipinski definition) is 1. The Hall–Kier alpha value is -3.26. The SMILES string of the molecule is CCC1(C)NC(=O)N(/N=C/c2cn(-c3ccccc3)nc2-c2cccs2)C1=O. The zero-order valence-electron chi connectivity index (χ0n) is 15.5. The highest BCUT2D eigenvalue weighted by atomic mass is 32.1. The summed E-state index contributed by atoms with van der Waals surface area (Å²) in [5.74, 6) is -0.357. The van der Waals surface area contributed by atoms with Gasteiger partial charge in [-0.1, -0.05) is 31.2 Å². The molecule has 1 fully saturated rings. The summed E-state index contributed by atoms with van der Waals surface area (Å²) < 4.78 is 1.76. The van der Waals surface area contributed by atoms with Crippen molar-refractivity contribution in [1.82, 2.24) is 20.1 Å². The van der Waals surface area contributed by atoms with Crippen molar-refractivity contribution in [3.8, 4) is 16.3 Å². The molecule has 1 N–H and O–H groups in total. The number of hydrazone groups is 1. The molecule has 0 saturated carbocycles. The Morgan fingerprint density at radius 3 is 2.64 bits per heavy atom. The summed E-state index contributed by atoms with van der Waals surface area (Å²) in [6.45, 7) is 3.55. The van der Waals surface area contributed by atoms with Crippen molar-refractivity contribution >= 4 is 29.5 Å². The number of imide groups is 1. The number of urea groups is 1. The van der Waals surface area contributed by atoms with Crippen LogP contribution in [0.15, 0.2) is 59.1 Å². The van der Waals surface area contributed by atoms with Crippen molar-refractivity contribution < 1.29 is 9.59 Å². The topological polar surface area (TPSA) is 79.6 Å². The van der Waals surface area contributed by atoms with E-state index in [1.54, 1.807) is 22.9 Å². The molecule has 1 atom stereocenters. The number of thiophene rings is 1. The van der Waals surface area contributed by atoms with Crippen molar-refractivity contribution in [2.75, 3.05) is 0 Å². The highest BCUT2D eigenvalue weighted by Gasteiger charge is 2.46. The van der Waals surface area contributed by atoms with E-state index in [0.29, 0.717) is 6.42 Å². The Bertz CT molecular complexity index is 1040. The molecule has 142 valence electrons. The molecule has 3 amide bonds. The Labute approximate surface area is 166 Å². The molecular formula is C20H19N5O2S. The fourth-order valence-corrected chi connectivity index (χ4v) is 3.66. The van der Waals surface area contributed by atoms with Crippen LogP contribution in [0.1, 0.15) is 25.8 Å². The predicted octanol–water partition coefficient (Wildman–Crippen LogP) is 3.66. The van der Waals surface area contributed by atoms with Crippen molar-refractivity contribution in [2.24, 2.45) is 5.10 Å². The van der Waals surface area contributed by atoms with Gasteiger partial charge >= 0.3 is 6.03 Å². The molecule has 0 aliphatic carbocycles. The molecule has 1 saturated heterocycles. The van der Waals surface area contributed by atoms with Crippen molar-refractivity contribution in [3.05, 3.63) is 59.6 Å². The van der Waals surface area contributed by atoms with Gasteiger partial charge in [0, 0.05) is 11.8 Å². The maximum atomic E-state index is 12.5. The minimum Gasteiger partial charge on any atom is -0.322 e. The second kappa shape index (κ2) is 7.05. The average molecular weight is 393 g/mol. The van der Waals surface area contributed by atoms with Crippen LogP contribution in [0.25, 0.3) is 16.3 Å². The molecule has 0 radical (unpaired) electrons. The van der Waals surface area contributed by atoms with Gasteiger partial charge in [-0.3, -0.25) is 4.79 Å². The quantitative estimate of drug-likeness (QED) is 0.531. The van der Waals surface area contributed by atoms with Gasteiger partial charge in [-0.05, 0) is 36.9 Å². The zero-order valence-corrected chi connectivity index (χ0v) is 16.3. The maximum absolute atomic E-state index is 12.5. The van der Waals surface area contributed by atoms with E-state index < -0.39 is 11.6 Å². The summed E-state index contributed by atoms with van der Waals surface area (Å²) in [5.41, 5.74) is 1.46. The third-order valence-electron chi connectivity index (χ3n) is 4.78. The molecule has 0 spiro atoms. The van der Waals surface area contributed by atoms with E-state index >= 15 is 0 Å². The fourth-order valence-electron chi connectivity index (χ4n) is 2.93. The number of nitrogens with zero attached hydrogens (tertiary/aromatic N) is 4. The molecule has 8 heteroatoms. The summed E-state index contributed by atoms with van der Waals surface area (Å²) >= 11 is 1.56. The lowest BCUT2D eigenvalue weighted by Gasteiger charge is -2.17. The minimum absolute atomic E-state index is 0.357. The number of hydrogen-bond acceptors (Lipinski definition) is 5. The highest BCUT2D eigenvalue weighted by Crippen LogP contribution is 2.27. The Morgan fingerprint density at radius 1 is 1.21 bits per heavy atom. The van der Waals surface area contributed by atoms with Crippen LogP contribution >= 0.6 is 11.3 Å².